The van der Waals surface area contributed by atoms with Gasteiger partial charge in [-0.05, 0) is 6.42 Å². The van der Waals surface area contributed by atoms with Crippen LogP contribution in [0.25, 0.3) is 0 Å². The molecule has 40 valence electrons. The molecule has 1 atom stereocenters. The first kappa shape index (κ1) is 5.13. The minimum Gasteiger partial charge on any atom is -0.358 e. The summed E-state index contributed by atoms with van der Waals surface area (Å²) in [7, 11) is 0. The van der Waals surface area contributed by atoms with E-state index in [1.807, 2.05) is 6.08 Å². The predicted octanol–water partition coefficient (Wildman–Crippen LogP) is 1.53. The molecule has 0 bridgehead atoms. The molecule has 1 nitrogen and oxygen atoms in total. The van der Waals surface area contributed by atoms with Crippen molar-refractivity contribution in [3.05, 3.63) is 12.2 Å². The summed E-state index contributed by atoms with van der Waals surface area (Å²) >= 11 is 5.25. The molecule has 0 aromatic heterocycles. The Hall–Kier alpha value is -0.0100. The van der Waals surface area contributed by atoms with Gasteiger partial charge in [-0.3, -0.25) is 0 Å². The maximum absolute atomic E-state index is 5.25. The molecular formula is C5H7ClO. The minimum absolute atomic E-state index is 0.314. The monoisotopic (exact) mass is 118 g/mol. The number of rotatable bonds is 2. The molecule has 0 N–H and O–H groups in total. The van der Waals surface area contributed by atoms with Crippen molar-refractivity contribution in [3.63, 3.8) is 0 Å². The van der Waals surface area contributed by atoms with E-state index in [4.69, 9.17) is 16.3 Å². The van der Waals surface area contributed by atoms with Crippen LogP contribution < -0.4 is 0 Å². The summed E-state index contributed by atoms with van der Waals surface area (Å²) in [4.78, 5) is 0. The average Bonchev–Trinajstić information content (AvgIpc) is 1.55. The van der Waals surface area contributed by atoms with Crippen LogP contribution in [0.15, 0.2) is 12.2 Å². The van der Waals surface area contributed by atoms with E-state index in [1.165, 1.54) is 0 Å². The quantitative estimate of drug-likeness (QED) is 0.395. The topological polar surface area (TPSA) is 9.23 Å². The summed E-state index contributed by atoms with van der Waals surface area (Å²) in [5.41, 5.74) is 0. The molecule has 0 aromatic rings. The van der Waals surface area contributed by atoms with Gasteiger partial charge in [0.1, 0.15) is 6.07 Å². The van der Waals surface area contributed by atoms with Gasteiger partial charge in [-0.15, -0.1) is 0 Å². The zero-order valence-corrected chi connectivity index (χ0v) is 4.69. The number of ether oxygens (including phenoxy) is 1. The molecule has 0 radical (unpaired) electrons. The van der Waals surface area contributed by atoms with Crippen LogP contribution in [0.1, 0.15) is 6.42 Å². The third-order valence-electron chi connectivity index (χ3n) is 0.996. The fourth-order valence-electron chi connectivity index (χ4n) is 0.452. The van der Waals surface area contributed by atoms with Gasteiger partial charge in [0.2, 0.25) is 0 Å². The molecule has 1 unspecified atom stereocenters. The lowest BCUT2D eigenvalue weighted by Gasteiger charge is -2.15. The Bertz CT molecular complexity index is 80.1. The van der Waals surface area contributed by atoms with Crippen molar-refractivity contribution in [2.75, 3.05) is 6.07 Å². The van der Waals surface area contributed by atoms with Crippen molar-refractivity contribution >= 4 is 11.6 Å². The van der Waals surface area contributed by atoms with Gasteiger partial charge < -0.3 is 4.74 Å². The van der Waals surface area contributed by atoms with E-state index < -0.39 is 0 Å². The van der Waals surface area contributed by atoms with Crippen LogP contribution in [0.3, 0.4) is 0 Å². The highest BCUT2D eigenvalue weighted by Gasteiger charge is 2.07. The van der Waals surface area contributed by atoms with Crippen LogP contribution in [0.4, 0.5) is 0 Å². The van der Waals surface area contributed by atoms with E-state index >= 15 is 0 Å². The molecule has 1 aliphatic rings. The average molecular weight is 119 g/mol. The molecule has 0 saturated heterocycles. The van der Waals surface area contributed by atoms with Gasteiger partial charge in [-0.1, -0.05) is 23.8 Å². The molecule has 0 saturated carbocycles. The van der Waals surface area contributed by atoms with Crippen molar-refractivity contribution in [3.8, 4) is 0 Å². The summed E-state index contributed by atoms with van der Waals surface area (Å²) in [6.07, 6.45) is 5.42. The fourth-order valence-corrected chi connectivity index (χ4v) is 0.614. The van der Waals surface area contributed by atoms with Crippen molar-refractivity contribution in [1.29, 1.82) is 0 Å². The summed E-state index contributed by atoms with van der Waals surface area (Å²) in [5.74, 6) is 0. The first-order valence-electron chi connectivity index (χ1n) is 2.27. The second-order valence-electron chi connectivity index (χ2n) is 1.48. The molecule has 7 heavy (non-hydrogen) atoms. The Morgan fingerprint density at radius 3 is 2.71 bits per heavy atom. The molecule has 1 rings (SSSR count). The van der Waals surface area contributed by atoms with Gasteiger partial charge in [-0.2, -0.15) is 0 Å². The van der Waals surface area contributed by atoms with Gasteiger partial charge in [-0.25, -0.2) is 0 Å². The van der Waals surface area contributed by atoms with Crippen molar-refractivity contribution < 1.29 is 4.74 Å². The molecule has 0 aromatic carbocycles. The molecule has 0 heterocycles. The summed E-state index contributed by atoms with van der Waals surface area (Å²) in [5, 5.41) is 0. The van der Waals surface area contributed by atoms with Crippen LogP contribution in [-0.4, -0.2) is 12.2 Å². The van der Waals surface area contributed by atoms with Crippen molar-refractivity contribution in [1.82, 2.24) is 0 Å². The van der Waals surface area contributed by atoms with Gasteiger partial charge in [0.05, 0.1) is 6.10 Å². The van der Waals surface area contributed by atoms with Crippen LogP contribution in [-0.2, 0) is 4.74 Å². The van der Waals surface area contributed by atoms with Crippen LogP contribution >= 0.6 is 11.6 Å². The lowest BCUT2D eigenvalue weighted by molar-refractivity contribution is 0.114. The second-order valence-corrected chi connectivity index (χ2v) is 1.70. The van der Waals surface area contributed by atoms with E-state index in [-0.39, 0.29) is 0 Å². The second kappa shape index (κ2) is 2.34. The highest BCUT2D eigenvalue weighted by atomic mass is 35.5. The highest BCUT2D eigenvalue weighted by Crippen LogP contribution is 2.11. The maximum Gasteiger partial charge on any atom is 0.121 e. The smallest absolute Gasteiger partial charge is 0.121 e. The molecule has 0 fully saturated rings. The SMILES string of the molecule is ClCOC1C=CC1. The zero-order valence-electron chi connectivity index (χ0n) is 3.93. The molecule has 0 aliphatic heterocycles. The van der Waals surface area contributed by atoms with E-state index in [2.05, 4.69) is 6.08 Å². The van der Waals surface area contributed by atoms with E-state index in [0.29, 0.717) is 12.2 Å². The lowest BCUT2D eigenvalue weighted by atomic mass is 10.1. The Kier molecular flexibility index (Phi) is 1.71. The summed E-state index contributed by atoms with van der Waals surface area (Å²) in [6.45, 7) is 0. The third-order valence-corrected chi connectivity index (χ3v) is 1.12. The normalized spacial score (nSPS) is 27.3. The zero-order chi connectivity index (χ0) is 5.11. The fraction of sp³-hybridized carbons (Fsp3) is 0.600. The largest absolute Gasteiger partial charge is 0.358 e. The van der Waals surface area contributed by atoms with Gasteiger partial charge in [0.25, 0.3) is 0 Å². The van der Waals surface area contributed by atoms with Crippen molar-refractivity contribution in [2.45, 2.75) is 12.5 Å². The Balaban J connectivity index is 2.06. The van der Waals surface area contributed by atoms with Crippen LogP contribution in [0.5, 0.6) is 0 Å². The Labute approximate surface area is 47.9 Å². The summed E-state index contributed by atoms with van der Waals surface area (Å²) < 4.78 is 4.96. The predicted molar refractivity (Wildman–Crippen MR) is 29.3 cm³/mol. The first-order chi connectivity index (χ1) is 3.43. The number of halogens is 1. The van der Waals surface area contributed by atoms with E-state index in [0.717, 1.165) is 6.42 Å². The van der Waals surface area contributed by atoms with Crippen LogP contribution in [0.2, 0.25) is 0 Å². The molecule has 2 heteroatoms. The maximum atomic E-state index is 5.25. The van der Waals surface area contributed by atoms with Gasteiger partial charge in [0.15, 0.2) is 0 Å². The highest BCUT2D eigenvalue weighted by molar-refractivity contribution is 6.17. The first-order valence-corrected chi connectivity index (χ1v) is 2.81. The number of hydrogen-bond acceptors (Lipinski definition) is 1. The van der Waals surface area contributed by atoms with Crippen molar-refractivity contribution in [2.24, 2.45) is 0 Å². The Morgan fingerprint density at radius 1 is 1.86 bits per heavy atom. The minimum atomic E-state index is 0.314. The van der Waals surface area contributed by atoms with Gasteiger partial charge >= 0.3 is 0 Å². The number of hydrogen-bond donors (Lipinski definition) is 0. The van der Waals surface area contributed by atoms with Crippen LogP contribution in [0, 0.1) is 0 Å². The van der Waals surface area contributed by atoms with Gasteiger partial charge in [0, 0.05) is 0 Å². The Morgan fingerprint density at radius 2 is 2.57 bits per heavy atom. The molecular weight excluding hydrogens is 112 g/mol. The van der Waals surface area contributed by atoms with E-state index in [9.17, 15) is 0 Å². The summed E-state index contributed by atoms with van der Waals surface area (Å²) in [6, 6.07) is 0.314. The number of alkyl halides is 1. The lowest BCUT2D eigenvalue weighted by Crippen LogP contribution is -2.13. The molecule has 0 amide bonds. The molecule has 1 aliphatic carbocycles. The third kappa shape index (κ3) is 1.18. The standard InChI is InChI=1S/C5H7ClO/c6-4-7-5-2-1-3-5/h1-2,5H,3-4H2. The van der Waals surface area contributed by atoms with E-state index in [1.54, 1.807) is 0 Å². The molecule has 0 spiro atoms.